The van der Waals surface area contributed by atoms with Gasteiger partial charge in [-0.05, 0) is 48.4 Å². The van der Waals surface area contributed by atoms with Crippen LogP contribution in [0.4, 0.5) is 5.69 Å². The van der Waals surface area contributed by atoms with E-state index in [2.05, 4.69) is 21.2 Å². The topological polar surface area (TPSA) is 38.3 Å². The second-order valence-electron chi connectivity index (χ2n) is 4.60. The minimum Gasteiger partial charge on any atom is -0.483 e. The average molecular weight is 403 g/mol. The number of rotatable bonds is 5. The fraction of sp³-hybridized carbons (Fsp3) is 0.188. The molecule has 0 aliphatic rings. The van der Waals surface area contributed by atoms with Gasteiger partial charge in [-0.3, -0.25) is 4.79 Å². The molecule has 1 N–H and O–H groups in total. The monoisotopic (exact) mass is 401 g/mol. The third kappa shape index (κ3) is 4.90. The van der Waals surface area contributed by atoms with Crippen LogP contribution in [0.1, 0.15) is 12.5 Å². The standard InChI is InChI=1S/C16H14BrCl2NO2/c1-2-10-5-11(17)3-4-15(10)22-9-16(21)20-14-7-12(18)6-13(19)8-14/h3-8H,2,9H2,1H3,(H,20,21). The molecule has 2 rings (SSSR count). The third-order valence-corrected chi connectivity index (χ3v) is 3.84. The largest absolute Gasteiger partial charge is 0.483 e. The van der Waals surface area contributed by atoms with E-state index in [0.717, 1.165) is 16.5 Å². The lowest BCUT2D eigenvalue weighted by atomic mass is 10.1. The van der Waals surface area contributed by atoms with Crippen molar-refractivity contribution in [2.45, 2.75) is 13.3 Å². The molecule has 0 saturated heterocycles. The Balaban J connectivity index is 1.98. The number of ether oxygens (including phenoxy) is 1. The highest BCUT2D eigenvalue weighted by molar-refractivity contribution is 9.10. The Morgan fingerprint density at radius 3 is 2.50 bits per heavy atom. The molecule has 0 unspecified atom stereocenters. The van der Waals surface area contributed by atoms with Crippen LogP contribution in [-0.4, -0.2) is 12.5 Å². The van der Waals surface area contributed by atoms with Gasteiger partial charge < -0.3 is 10.1 Å². The molecule has 2 aromatic rings. The van der Waals surface area contributed by atoms with Gasteiger partial charge in [0, 0.05) is 20.2 Å². The van der Waals surface area contributed by atoms with Crippen LogP contribution >= 0.6 is 39.1 Å². The molecule has 116 valence electrons. The number of aryl methyl sites for hydroxylation is 1. The van der Waals surface area contributed by atoms with Crippen LogP contribution in [0.25, 0.3) is 0 Å². The van der Waals surface area contributed by atoms with Crippen molar-refractivity contribution in [3.8, 4) is 5.75 Å². The summed E-state index contributed by atoms with van der Waals surface area (Å²) in [5.74, 6) is 0.424. The minimum absolute atomic E-state index is 0.0846. The van der Waals surface area contributed by atoms with Gasteiger partial charge in [0.2, 0.25) is 0 Å². The number of amides is 1. The molecule has 22 heavy (non-hydrogen) atoms. The van der Waals surface area contributed by atoms with Crippen molar-refractivity contribution >= 4 is 50.7 Å². The SMILES string of the molecule is CCc1cc(Br)ccc1OCC(=O)Nc1cc(Cl)cc(Cl)c1. The number of nitrogens with one attached hydrogen (secondary N) is 1. The first-order chi connectivity index (χ1) is 10.5. The Kier molecular flexibility index (Phi) is 6.12. The van der Waals surface area contributed by atoms with E-state index >= 15 is 0 Å². The fourth-order valence-electron chi connectivity index (χ4n) is 1.93. The Labute approximate surface area is 147 Å². The first kappa shape index (κ1) is 17.1. The molecule has 6 heteroatoms. The maximum absolute atomic E-state index is 11.9. The van der Waals surface area contributed by atoms with Crippen molar-refractivity contribution in [1.82, 2.24) is 0 Å². The van der Waals surface area contributed by atoms with E-state index in [0.29, 0.717) is 21.5 Å². The molecule has 2 aromatic carbocycles. The summed E-state index contributed by atoms with van der Waals surface area (Å²) in [6.45, 7) is 1.95. The van der Waals surface area contributed by atoms with Crippen LogP contribution < -0.4 is 10.1 Å². The lowest BCUT2D eigenvalue weighted by molar-refractivity contribution is -0.118. The van der Waals surface area contributed by atoms with Crippen molar-refractivity contribution in [1.29, 1.82) is 0 Å². The normalized spacial score (nSPS) is 10.4. The van der Waals surface area contributed by atoms with Crippen molar-refractivity contribution in [3.05, 3.63) is 56.5 Å². The van der Waals surface area contributed by atoms with Crippen LogP contribution in [-0.2, 0) is 11.2 Å². The Morgan fingerprint density at radius 2 is 1.86 bits per heavy atom. The molecule has 0 aliphatic heterocycles. The van der Waals surface area contributed by atoms with E-state index in [9.17, 15) is 4.79 Å². The molecule has 0 saturated carbocycles. The summed E-state index contributed by atoms with van der Waals surface area (Å²) >= 11 is 15.2. The summed E-state index contributed by atoms with van der Waals surface area (Å²) in [4.78, 5) is 11.9. The quantitative estimate of drug-likeness (QED) is 0.733. The van der Waals surface area contributed by atoms with Gasteiger partial charge >= 0.3 is 0 Å². The van der Waals surface area contributed by atoms with Gasteiger partial charge in [0.25, 0.3) is 5.91 Å². The molecule has 0 spiro atoms. The molecule has 3 nitrogen and oxygen atoms in total. The molecule has 0 bridgehead atoms. The Morgan fingerprint density at radius 1 is 1.18 bits per heavy atom. The van der Waals surface area contributed by atoms with Gasteiger partial charge in [-0.15, -0.1) is 0 Å². The van der Waals surface area contributed by atoms with Gasteiger partial charge in [0.1, 0.15) is 5.75 Å². The fourth-order valence-corrected chi connectivity index (χ4v) is 2.87. The molecular weight excluding hydrogens is 389 g/mol. The molecule has 0 atom stereocenters. The molecule has 0 radical (unpaired) electrons. The summed E-state index contributed by atoms with van der Waals surface area (Å²) < 4.78 is 6.56. The summed E-state index contributed by atoms with van der Waals surface area (Å²) in [6.07, 6.45) is 0.820. The van der Waals surface area contributed by atoms with E-state index < -0.39 is 0 Å². The molecular formula is C16H14BrCl2NO2. The second kappa shape index (κ2) is 7.86. The van der Waals surface area contributed by atoms with E-state index in [1.54, 1.807) is 18.2 Å². The molecule has 0 aliphatic carbocycles. The minimum atomic E-state index is -0.275. The zero-order chi connectivity index (χ0) is 16.1. The van der Waals surface area contributed by atoms with Crippen molar-refractivity contribution in [3.63, 3.8) is 0 Å². The van der Waals surface area contributed by atoms with Crippen molar-refractivity contribution in [2.24, 2.45) is 0 Å². The molecule has 0 heterocycles. The first-order valence-corrected chi connectivity index (χ1v) is 8.20. The highest BCUT2D eigenvalue weighted by Gasteiger charge is 2.08. The van der Waals surface area contributed by atoms with Gasteiger partial charge in [-0.25, -0.2) is 0 Å². The number of carbonyl (C=O) groups excluding carboxylic acids is 1. The van der Waals surface area contributed by atoms with Gasteiger partial charge in [-0.2, -0.15) is 0 Å². The van der Waals surface area contributed by atoms with Crippen molar-refractivity contribution in [2.75, 3.05) is 11.9 Å². The van der Waals surface area contributed by atoms with Crippen LogP contribution in [0.3, 0.4) is 0 Å². The molecule has 0 fully saturated rings. The Hall–Kier alpha value is -1.23. The van der Waals surface area contributed by atoms with E-state index in [1.165, 1.54) is 0 Å². The van der Waals surface area contributed by atoms with Crippen molar-refractivity contribution < 1.29 is 9.53 Å². The number of hydrogen-bond donors (Lipinski definition) is 1. The van der Waals surface area contributed by atoms with E-state index in [4.69, 9.17) is 27.9 Å². The summed E-state index contributed by atoms with van der Waals surface area (Å²) in [7, 11) is 0. The second-order valence-corrected chi connectivity index (χ2v) is 6.39. The maximum atomic E-state index is 11.9. The zero-order valence-electron chi connectivity index (χ0n) is 11.8. The van der Waals surface area contributed by atoms with Crippen LogP contribution in [0.5, 0.6) is 5.75 Å². The number of anilines is 1. The molecule has 1 amide bonds. The molecule has 0 aromatic heterocycles. The zero-order valence-corrected chi connectivity index (χ0v) is 14.9. The van der Waals surface area contributed by atoms with Crippen LogP contribution in [0.15, 0.2) is 40.9 Å². The Bertz CT molecular complexity index is 672. The highest BCUT2D eigenvalue weighted by Crippen LogP contribution is 2.24. The number of hydrogen-bond acceptors (Lipinski definition) is 2. The van der Waals surface area contributed by atoms with Gasteiger partial charge in [0.15, 0.2) is 6.61 Å². The lowest BCUT2D eigenvalue weighted by Gasteiger charge is -2.11. The highest BCUT2D eigenvalue weighted by atomic mass is 79.9. The maximum Gasteiger partial charge on any atom is 0.262 e. The first-order valence-electron chi connectivity index (χ1n) is 6.65. The predicted octanol–water partition coefficient (Wildman–Crippen LogP) is 5.34. The van der Waals surface area contributed by atoms with E-state index in [-0.39, 0.29) is 12.5 Å². The van der Waals surface area contributed by atoms with Crippen LogP contribution in [0.2, 0.25) is 10.0 Å². The summed E-state index contributed by atoms with van der Waals surface area (Å²) in [5, 5.41) is 3.63. The van der Waals surface area contributed by atoms with Gasteiger partial charge in [0.05, 0.1) is 0 Å². The van der Waals surface area contributed by atoms with Crippen LogP contribution in [0, 0.1) is 0 Å². The average Bonchev–Trinajstić information content (AvgIpc) is 2.44. The van der Waals surface area contributed by atoms with Gasteiger partial charge in [-0.1, -0.05) is 46.1 Å². The number of carbonyl (C=O) groups is 1. The summed E-state index contributed by atoms with van der Waals surface area (Å²) in [6, 6.07) is 10.6. The predicted molar refractivity (Wildman–Crippen MR) is 94.1 cm³/mol. The third-order valence-electron chi connectivity index (χ3n) is 2.91. The smallest absolute Gasteiger partial charge is 0.262 e. The number of halogens is 3. The number of benzene rings is 2. The summed E-state index contributed by atoms with van der Waals surface area (Å²) in [5.41, 5.74) is 1.57. The van der Waals surface area contributed by atoms with E-state index in [1.807, 2.05) is 25.1 Å². The lowest BCUT2D eigenvalue weighted by Crippen LogP contribution is -2.20.